The molecule has 1 atom stereocenters. The van der Waals surface area contributed by atoms with Crippen molar-refractivity contribution in [1.82, 2.24) is 15.6 Å². The summed E-state index contributed by atoms with van der Waals surface area (Å²) in [5.74, 6) is -0.125. The van der Waals surface area contributed by atoms with Crippen LogP contribution < -0.4 is 20.7 Å². The predicted octanol–water partition coefficient (Wildman–Crippen LogP) is 9.01. The van der Waals surface area contributed by atoms with E-state index in [1.807, 2.05) is 61.5 Å². The number of aromatic nitrogens is 1. The van der Waals surface area contributed by atoms with E-state index in [2.05, 4.69) is 59.9 Å². The van der Waals surface area contributed by atoms with E-state index in [4.69, 9.17) is 4.74 Å². The summed E-state index contributed by atoms with van der Waals surface area (Å²) in [5, 5.41) is 20.3. The van der Waals surface area contributed by atoms with E-state index in [1.165, 1.54) is 38.5 Å². The maximum Gasteiger partial charge on any atom is 0.305 e. The van der Waals surface area contributed by atoms with E-state index in [0.717, 1.165) is 45.5 Å². The van der Waals surface area contributed by atoms with Crippen LogP contribution in [0.15, 0.2) is 79.0 Å². The first-order valence-electron chi connectivity index (χ1n) is 18.7. The van der Waals surface area contributed by atoms with Gasteiger partial charge in [0.15, 0.2) is 0 Å². The lowest BCUT2D eigenvalue weighted by atomic mass is 9.89. The molecule has 1 heterocycles. The Bertz CT molecular complexity index is 1750. The Balaban J connectivity index is 1.27. The summed E-state index contributed by atoms with van der Waals surface area (Å²) in [6.07, 6.45) is 10.8. The van der Waals surface area contributed by atoms with Gasteiger partial charge in [-0.2, -0.15) is 0 Å². The second-order valence-electron chi connectivity index (χ2n) is 14.8. The van der Waals surface area contributed by atoms with E-state index in [9.17, 15) is 19.5 Å². The molecular weight excluding hydrogens is 652 g/mol. The molecule has 0 saturated heterocycles. The zero-order chi connectivity index (χ0) is 37.3. The second kappa shape index (κ2) is 20.2. The highest BCUT2D eigenvalue weighted by Crippen LogP contribution is 2.35. The van der Waals surface area contributed by atoms with Crippen LogP contribution in [-0.2, 0) is 14.4 Å². The van der Waals surface area contributed by atoms with Crippen molar-refractivity contribution in [3.05, 3.63) is 90.1 Å². The fourth-order valence-electron chi connectivity index (χ4n) is 6.23. The third kappa shape index (κ3) is 13.7. The number of aliphatic carboxylic acids is 1. The van der Waals surface area contributed by atoms with Gasteiger partial charge in [-0.05, 0) is 77.4 Å². The molecule has 2 amide bonds. The summed E-state index contributed by atoms with van der Waals surface area (Å²) in [7, 11) is 0. The summed E-state index contributed by atoms with van der Waals surface area (Å²) in [6, 6.07) is 23.0. The van der Waals surface area contributed by atoms with E-state index in [0.29, 0.717) is 30.6 Å². The number of carboxylic acid groups (broad SMARTS) is 1. The molecule has 52 heavy (non-hydrogen) atoms. The van der Waals surface area contributed by atoms with Gasteiger partial charge in [-0.25, -0.2) is 4.98 Å². The predicted molar refractivity (Wildman–Crippen MR) is 209 cm³/mol. The summed E-state index contributed by atoms with van der Waals surface area (Å²) in [6.45, 7) is 9.92. The number of pyridine rings is 1. The molecule has 0 aliphatic heterocycles. The zero-order valence-electron chi connectivity index (χ0n) is 31.3. The van der Waals surface area contributed by atoms with Crippen LogP contribution in [0.3, 0.4) is 0 Å². The molecule has 1 aromatic heterocycles. The molecule has 0 radical (unpaired) electrons. The van der Waals surface area contributed by atoms with Crippen LogP contribution in [0.4, 0.5) is 5.82 Å². The van der Waals surface area contributed by atoms with Crippen molar-refractivity contribution in [3.63, 3.8) is 0 Å². The van der Waals surface area contributed by atoms with Gasteiger partial charge in [0, 0.05) is 24.5 Å². The number of hydrogen-bond acceptors (Lipinski definition) is 6. The lowest BCUT2D eigenvalue weighted by Crippen LogP contribution is -2.39. The lowest BCUT2D eigenvalue weighted by Gasteiger charge is -2.19. The number of carbonyl (C=O) groups is 3. The van der Waals surface area contributed by atoms with Gasteiger partial charge in [-0.15, -0.1) is 0 Å². The standard InChI is InChI=1S/C43H56N4O5/c1-31-23-26-45-39(28-31)44-25-13-16-40(48)46-30-41(49)47-37(29-42(50)51)33-19-17-32(18-20-33)34-21-22-38(36-15-10-9-14-35(34)36)52-27-12-8-6-5-7-11-24-43(2,3)4/h9-10,14-15,17-23,26,28,37H,5-8,11-13,16,24-25,27,29-30H2,1-4H3,(H,44,45)(H,46,48)(H,47,49)(H,50,51)/t37-/m0/s1. The second-order valence-corrected chi connectivity index (χ2v) is 14.8. The molecule has 0 aliphatic rings. The van der Waals surface area contributed by atoms with Gasteiger partial charge in [-0.3, -0.25) is 14.4 Å². The number of nitrogens with zero attached hydrogens (tertiary/aromatic N) is 1. The Morgan fingerprint density at radius 2 is 1.54 bits per heavy atom. The van der Waals surface area contributed by atoms with Crippen molar-refractivity contribution in [2.75, 3.05) is 25.0 Å². The maximum atomic E-state index is 12.8. The Hall–Kier alpha value is -4.92. The van der Waals surface area contributed by atoms with Crippen LogP contribution in [0.25, 0.3) is 21.9 Å². The number of benzene rings is 3. The molecule has 0 saturated carbocycles. The SMILES string of the molecule is Cc1ccnc(NCCCC(=O)NCC(=O)N[C@@H](CC(=O)O)c2ccc(-c3ccc(OCCCCCCCCC(C)(C)C)c4ccccc34)cc2)c1. The van der Waals surface area contributed by atoms with Gasteiger partial charge in [-0.1, -0.05) is 107 Å². The third-order valence-electron chi connectivity index (χ3n) is 9.05. The fourth-order valence-corrected chi connectivity index (χ4v) is 6.23. The first-order valence-corrected chi connectivity index (χ1v) is 18.7. The van der Waals surface area contributed by atoms with Crippen LogP contribution >= 0.6 is 0 Å². The monoisotopic (exact) mass is 708 g/mol. The Kier molecular flexibility index (Phi) is 15.5. The van der Waals surface area contributed by atoms with Gasteiger partial charge < -0.3 is 25.8 Å². The van der Waals surface area contributed by atoms with E-state index >= 15 is 0 Å². The normalized spacial score (nSPS) is 11.9. The van der Waals surface area contributed by atoms with Gasteiger partial charge in [0.25, 0.3) is 0 Å². The maximum absolute atomic E-state index is 12.8. The molecule has 3 aromatic carbocycles. The highest BCUT2D eigenvalue weighted by atomic mass is 16.5. The van der Waals surface area contributed by atoms with Crippen molar-refractivity contribution >= 4 is 34.4 Å². The minimum absolute atomic E-state index is 0.238. The Morgan fingerprint density at radius 3 is 2.25 bits per heavy atom. The van der Waals surface area contributed by atoms with Crippen molar-refractivity contribution in [2.45, 2.75) is 97.9 Å². The number of aryl methyl sites for hydroxylation is 1. The Morgan fingerprint density at radius 1 is 0.827 bits per heavy atom. The van der Waals surface area contributed by atoms with E-state index in [1.54, 1.807) is 6.20 Å². The number of carboxylic acids is 1. The first kappa shape index (κ1) is 39.9. The fraction of sp³-hybridized carbons (Fsp3) is 0.442. The van der Waals surface area contributed by atoms with Gasteiger partial charge >= 0.3 is 5.97 Å². The van der Waals surface area contributed by atoms with Crippen LogP contribution in [0, 0.1) is 12.3 Å². The molecular formula is C43H56N4O5. The highest BCUT2D eigenvalue weighted by Gasteiger charge is 2.19. The molecule has 0 fully saturated rings. The molecule has 0 spiro atoms. The lowest BCUT2D eigenvalue weighted by molar-refractivity contribution is -0.138. The highest BCUT2D eigenvalue weighted by molar-refractivity contribution is 6.00. The zero-order valence-corrected chi connectivity index (χ0v) is 31.3. The average Bonchev–Trinajstić information content (AvgIpc) is 3.11. The molecule has 4 N–H and O–H groups in total. The number of anilines is 1. The molecule has 9 heteroatoms. The number of unbranched alkanes of at least 4 members (excludes halogenated alkanes) is 5. The van der Waals surface area contributed by atoms with Gasteiger partial charge in [0.05, 0.1) is 25.6 Å². The average molecular weight is 709 g/mol. The molecule has 9 nitrogen and oxygen atoms in total. The molecule has 0 unspecified atom stereocenters. The summed E-state index contributed by atoms with van der Waals surface area (Å²) < 4.78 is 6.26. The quantitative estimate of drug-likeness (QED) is 0.0636. The van der Waals surface area contributed by atoms with Crippen molar-refractivity contribution < 1.29 is 24.2 Å². The topological polar surface area (TPSA) is 130 Å². The van der Waals surface area contributed by atoms with E-state index < -0.39 is 17.9 Å². The minimum Gasteiger partial charge on any atom is -0.493 e. The van der Waals surface area contributed by atoms with Crippen molar-refractivity contribution in [2.24, 2.45) is 5.41 Å². The van der Waals surface area contributed by atoms with Crippen LogP contribution in [0.5, 0.6) is 5.75 Å². The molecule has 278 valence electrons. The summed E-state index contributed by atoms with van der Waals surface area (Å²) >= 11 is 0. The number of rotatable bonds is 21. The van der Waals surface area contributed by atoms with Crippen LogP contribution in [0.1, 0.15) is 102 Å². The van der Waals surface area contributed by atoms with Crippen LogP contribution in [0.2, 0.25) is 0 Å². The molecule has 0 bridgehead atoms. The Labute approximate surface area is 309 Å². The molecule has 0 aliphatic carbocycles. The third-order valence-corrected chi connectivity index (χ3v) is 9.05. The largest absolute Gasteiger partial charge is 0.493 e. The number of fused-ring (bicyclic) bond motifs is 1. The summed E-state index contributed by atoms with van der Waals surface area (Å²) in [4.78, 5) is 41.1. The number of nitrogens with one attached hydrogen (secondary N) is 3. The van der Waals surface area contributed by atoms with Gasteiger partial charge in [0.1, 0.15) is 11.6 Å². The number of ether oxygens (including phenoxy) is 1. The minimum atomic E-state index is -1.04. The molecule has 4 aromatic rings. The van der Waals surface area contributed by atoms with Crippen molar-refractivity contribution in [1.29, 1.82) is 0 Å². The van der Waals surface area contributed by atoms with Crippen molar-refractivity contribution in [3.8, 4) is 16.9 Å². The number of carbonyl (C=O) groups excluding carboxylic acids is 2. The number of amides is 2. The molecule has 4 rings (SSSR count). The van der Waals surface area contributed by atoms with E-state index in [-0.39, 0.29) is 25.3 Å². The first-order chi connectivity index (χ1) is 25.0. The number of hydrogen-bond donors (Lipinski definition) is 4. The summed E-state index contributed by atoms with van der Waals surface area (Å²) in [5.41, 5.74) is 4.19. The van der Waals surface area contributed by atoms with Crippen LogP contribution in [-0.4, -0.2) is 47.6 Å². The van der Waals surface area contributed by atoms with Gasteiger partial charge in [0.2, 0.25) is 11.8 Å². The smallest absolute Gasteiger partial charge is 0.305 e.